The Labute approximate surface area is 140 Å². The number of oxazole rings is 1. The van der Waals surface area contributed by atoms with E-state index in [0.717, 1.165) is 29.8 Å². The minimum Gasteiger partial charge on any atom is -0.444 e. The number of halogens is 1. The van der Waals surface area contributed by atoms with E-state index in [9.17, 15) is 4.39 Å². The van der Waals surface area contributed by atoms with Crippen LogP contribution >= 0.6 is 0 Å². The van der Waals surface area contributed by atoms with Crippen LogP contribution in [0.4, 0.5) is 4.39 Å². The molecule has 1 unspecified atom stereocenters. The Bertz CT molecular complexity index is 844. The molecule has 1 aliphatic heterocycles. The average Bonchev–Trinajstić information content (AvgIpc) is 3.07. The molecule has 0 fully saturated rings. The molecule has 3 nitrogen and oxygen atoms in total. The summed E-state index contributed by atoms with van der Waals surface area (Å²) >= 11 is 0. The van der Waals surface area contributed by atoms with Gasteiger partial charge in [-0.25, -0.2) is 9.37 Å². The van der Waals surface area contributed by atoms with Crippen LogP contribution < -0.4 is 0 Å². The van der Waals surface area contributed by atoms with Crippen molar-refractivity contribution < 1.29 is 8.81 Å². The molecular formula is C20H19FN2O. The Morgan fingerprint density at radius 2 is 2.04 bits per heavy atom. The van der Waals surface area contributed by atoms with E-state index in [1.807, 2.05) is 36.4 Å². The van der Waals surface area contributed by atoms with E-state index in [1.165, 1.54) is 5.56 Å². The molecule has 3 aromatic rings. The summed E-state index contributed by atoms with van der Waals surface area (Å²) in [6.45, 7) is 3.76. The van der Waals surface area contributed by atoms with Crippen molar-refractivity contribution in [3.8, 4) is 11.5 Å². The highest BCUT2D eigenvalue weighted by Gasteiger charge is 2.25. The lowest BCUT2D eigenvalue weighted by Gasteiger charge is -2.34. The van der Waals surface area contributed by atoms with Crippen molar-refractivity contribution in [1.29, 1.82) is 0 Å². The summed E-state index contributed by atoms with van der Waals surface area (Å²) < 4.78 is 19.2. The second-order valence-electron chi connectivity index (χ2n) is 6.25. The van der Waals surface area contributed by atoms with Gasteiger partial charge in [-0.2, -0.15) is 0 Å². The van der Waals surface area contributed by atoms with Gasteiger partial charge in [0, 0.05) is 24.7 Å². The van der Waals surface area contributed by atoms with Gasteiger partial charge in [0.25, 0.3) is 0 Å². The number of fused-ring (bicyclic) bond motifs is 1. The van der Waals surface area contributed by atoms with Crippen LogP contribution in [-0.2, 0) is 13.0 Å². The van der Waals surface area contributed by atoms with Crippen molar-refractivity contribution in [2.75, 3.05) is 6.54 Å². The van der Waals surface area contributed by atoms with Crippen molar-refractivity contribution >= 4 is 0 Å². The van der Waals surface area contributed by atoms with Gasteiger partial charge in [0.2, 0.25) is 5.89 Å². The molecule has 0 radical (unpaired) electrons. The van der Waals surface area contributed by atoms with Crippen LogP contribution in [0.3, 0.4) is 0 Å². The Hall–Kier alpha value is -2.46. The summed E-state index contributed by atoms with van der Waals surface area (Å²) in [7, 11) is 0. The third kappa shape index (κ3) is 2.85. The molecule has 4 rings (SSSR count). The van der Waals surface area contributed by atoms with Gasteiger partial charge in [0.15, 0.2) is 0 Å². The lowest BCUT2D eigenvalue weighted by Crippen LogP contribution is -2.33. The third-order valence-corrected chi connectivity index (χ3v) is 4.71. The largest absolute Gasteiger partial charge is 0.444 e. The summed E-state index contributed by atoms with van der Waals surface area (Å²) in [5, 5.41) is 0. The first-order valence-corrected chi connectivity index (χ1v) is 8.23. The summed E-state index contributed by atoms with van der Waals surface area (Å²) in [4.78, 5) is 6.91. The maximum Gasteiger partial charge on any atom is 0.226 e. The maximum absolute atomic E-state index is 13.6. The standard InChI is InChI=1S/C20H19FN2O/c1-14-19-11-17(21)8-7-15(19)9-10-23(14)12-18-13-24-20(22-18)16-5-3-2-4-6-16/h2-8,11,13-14H,9-10,12H2,1H3. The summed E-state index contributed by atoms with van der Waals surface area (Å²) in [6.07, 6.45) is 2.65. The molecule has 0 aliphatic carbocycles. The number of hydrogen-bond acceptors (Lipinski definition) is 3. The Kier molecular flexibility index (Phi) is 3.90. The monoisotopic (exact) mass is 322 g/mol. The van der Waals surface area contributed by atoms with Crippen LogP contribution in [0.2, 0.25) is 0 Å². The summed E-state index contributed by atoms with van der Waals surface area (Å²) in [5.74, 6) is 0.469. The van der Waals surface area contributed by atoms with E-state index < -0.39 is 0 Å². The fourth-order valence-electron chi connectivity index (χ4n) is 3.35. The zero-order valence-corrected chi connectivity index (χ0v) is 13.6. The van der Waals surface area contributed by atoms with Crippen LogP contribution in [0.1, 0.15) is 29.8 Å². The molecule has 24 heavy (non-hydrogen) atoms. The van der Waals surface area contributed by atoms with Gasteiger partial charge in [-0.1, -0.05) is 24.3 Å². The molecule has 1 atom stereocenters. The zero-order chi connectivity index (χ0) is 16.5. The molecule has 122 valence electrons. The number of rotatable bonds is 3. The smallest absolute Gasteiger partial charge is 0.226 e. The molecule has 0 N–H and O–H groups in total. The fraction of sp³-hybridized carbons (Fsp3) is 0.250. The second kappa shape index (κ2) is 6.21. The van der Waals surface area contributed by atoms with Crippen molar-refractivity contribution in [2.24, 2.45) is 0 Å². The number of hydrogen-bond donors (Lipinski definition) is 0. The van der Waals surface area contributed by atoms with Crippen molar-refractivity contribution in [2.45, 2.75) is 25.9 Å². The van der Waals surface area contributed by atoms with Crippen LogP contribution in [0.5, 0.6) is 0 Å². The molecule has 0 bridgehead atoms. The van der Waals surface area contributed by atoms with Gasteiger partial charge >= 0.3 is 0 Å². The molecule has 2 heterocycles. The van der Waals surface area contributed by atoms with Crippen LogP contribution in [0.15, 0.2) is 59.2 Å². The Balaban J connectivity index is 1.53. The highest BCUT2D eigenvalue weighted by atomic mass is 19.1. The summed E-state index contributed by atoms with van der Waals surface area (Å²) in [5.41, 5.74) is 4.20. The molecule has 1 aromatic heterocycles. The number of benzene rings is 2. The van der Waals surface area contributed by atoms with Gasteiger partial charge < -0.3 is 4.42 Å². The first-order chi connectivity index (χ1) is 11.7. The Morgan fingerprint density at radius 3 is 2.88 bits per heavy atom. The van der Waals surface area contributed by atoms with Crippen LogP contribution in [0.25, 0.3) is 11.5 Å². The van der Waals surface area contributed by atoms with E-state index in [-0.39, 0.29) is 11.9 Å². The van der Waals surface area contributed by atoms with Gasteiger partial charge in [0.05, 0.1) is 5.69 Å². The molecule has 0 saturated heterocycles. The zero-order valence-electron chi connectivity index (χ0n) is 13.6. The van der Waals surface area contributed by atoms with E-state index in [2.05, 4.69) is 16.8 Å². The first-order valence-electron chi connectivity index (χ1n) is 8.23. The molecule has 1 aliphatic rings. The molecule has 0 saturated carbocycles. The lowest BCUT2D eigenvalue weighted by atomic mass is 9.93. The molecular weight excluding hydrogens is 303 g/mol. The minimum atomic E-state index is -0.171. The van der Waals surface area contributed by atoms with Crippen molar-refractivity contribution in [3.63, 3.8) is 0 Å². The number of aromatic nitrogens is 1. The van der Waals surface area contributed by atoms with Gasteiger partial charge in [-0.15, -0.1) is 0 Å². The molecule has 4 heteroatoms. The van der Waals surface area contributed by atoms with Gasteiger partial charge in [-0.05, 0) is 48.7 Å². The van der Waals surface area contributed by atoms with E-state index in [0.29, 0.717) is 12.4 Å². The highest BCUT2D eigenvalue weighted by Crippen LogP contribution is 2.31. The first kappa shape index (κ1) is 15.1. The SMILES string of the molecule is CC1c2cc(F)ccc2CCN1Cc1coc(-c2ccccc2)n1. The predicted octanol–water partition coefficient (Wildman–Crippen LogP) is 4.60. The average molecular weight is 322 g/mol. The van der Waals surface area contributed by atoms with Crippen molar-refractivity contribution in [3.05, 3.63) is 77.4 Å². The highest BCUT2D eigenvalue weighted by molar-refractivity contribution is 5.52. The molecule has 0 amide bonds. The quantitative estimate of drug-likeness (QED) is 0.706. The van der Waals surface area contributed by atoms with E-state index in [4.69, 9.17) is 4.42 Å². The Morgan fingerprint density at radius 1 is 1.21 bits per heavy atom. The lowest BCUT2D eigenvalue weighted by molar-refractivity contribution is 0.187. The predicted molar refractivity (Wildman–Crippen MR) is 90.9 cm³/mol. The van der Waals surface area contributed by atoms with Gasteiger partial charge in [0.1, 0.15) is 12.1 Å². The van der Waals surface area contributed by atoms with Crippen molar-refractivity contribution in [1.82, 2.24) is 9.88 Å². The van der Waals surface area contributed by atoms with Crippen LogP contribution in [-0.4, -0.2) is 16.4 Å². The fourth-order valence-corrected chi connectivity index (χ4v) is 3.35. The maximum atomic E-state index is 13.6. The van der Waals surface area contributed by atoms with E-state index in [1.54, 1.807) is 18.4 Å². The normalized spacial score (nSPS) is 17.7. The summed E-state index contributed by atoms with van der Waals surface area (Å²) in [6, 6.07) is 15.2. The topological polar surface area (TPSA) is 29.3 Å². The number of nitrogens with zero attached hydrogens (tertiary/aromatic N) is 2. The molecule has 2 aromatic carbocycles. The molecule has 0 spiro atoms. The minimum absolute atomic E-state index is 0.168. The van der Waals surface area contributed by atoms with Crippen LogP contribution in [0, 0.1) is 5.82 Å². The third-order valence-electron chi connectivity index (χ3n) is 4.71. The van der Waals surface area contributed by atoms with E-state index >= 15 is 0 Å². The second-order valence-corrected chi connectivity index (χ2v) is 6.25. The van der Waals surface area contributed by atoms with Gasteiger partial charge in [-0.3, -0.25) is 4.90 Å².